The minimum atomic E-state index is -0.585. The minimum absolute atomic E-state index is 0.114. The highest BCUT2D eigenvalue weighted by atomic mass is 16.5. The molecule has 2 atom stereocenters. The second-order valence-electron chi connectivity index (χ2n) is 6.55. The highest BCUT2D eigenvalue weighted by Gasteiger charge is 2.23. The molecule has 1 amide bonds. The summed E-state index contributed by atoms with van der Waals surface area (Å²) in [4.78, 5) is 20.4. The fraction of sp³-hybridized carbons (Fsp3) is 0.688. The lowest BCUT2D eigenvalue weighted by atomic mass is 9.91. The van der Waals surface area contributed by atoms with Crippen LogP contribution >= 0.6 is 0 Å². The SMILES string of the molecule is NC(=O)c1ncc(N[C@@H]2CCCC[C@@H]2N)nc1NC1CCOCC1. The van der Waals surface area contributed by atoms with Gasteiger partial charge in [-0.05, 0) is 25.7 Å². The first-order chi connectivity index (χ1) is 11.6. The van der Waals surface area contributed by atoms with Crippen molar-refractivity contribution in [1.82, 2.24) is 9.97 Å². The maximum atomic E-state index is 11.6. The zero-order valence-corrected chi connectivity index (χ0v) is 13.8. The summed E-state index contributed by atoms with van der Waals surface area (Å²) in [7, 11) is 0. The van der Waals surface area contributed by atoms with Gasteiger partial charge in [0.25, 0.3) is 5.91 Å². The van der Waals surface area contributed by atoms with Crippen LogP contribution < -0.4 is 22.1 Å². The van der Waals surface area contributed by atoms with E-state index in [4.69, 9.17) is 16.2 Å². The molecule has 1 aliphatic heterocycles. The number of hydrogen-bond donors (Lipinski definition) is 4. The normalized spacial score (nSPS) is 25.2. The predicted octanol–water partition coefficient (Wildman–Crippen LogP) is 0.848. The number of carbonyl (C=O) groups is 1. The summed E-state index contributed by atoms with van der Waals surface area (Å²) in [6, 6.07) is 0.505. The van der Waals surface area contributed by atoms with Gasteiger partial charge in [-0.25, -0.2) is 9.97 Å². The molecular formula is C16H26N6O2. The van der Waals surface area contributed by atoms with E-state index in [0.717, 1.165) is 32.1 Å². The molecule has 1 saturated carbocycles. The van der Waals surface area contributed by atoms with Crippen LogP contribution in [0, 0.1) is 0 Å². The second kappa shape index (κ2) is 7.76. The largest absolute Gasteiger partial charge is 0.381 e. The Bertz CT molecular complexity index is 576. The van der Waals surface area contributed by atoms with E-state index < -0.39 is 5.91 Å². The number of primary amides is 1. The monoisotopic (exact) mass is 334 g/mol. The van der Waals surface area contributed by atoms with E-state index in [1.807, 2.05) is 0 Å². The Kier molecular flexibility index (Phi) is 5.47. The molecule has 1 aromatic heterocycles. The van der Waals surface area contributed by atoms with E-state index in [1.54, 1.807) is 6.20 Å². The van der Waals surface area contributed by atoms with Crippen molar-refractivity contribution in [2.45, 2.75) is 56.7 Å². The molecule has 0 spiro atoms. The van der Waals surface area contributed by atoms with Crippen molar-refractivity contribution in [3.05, 3.63) is 11.9 Å². The third-order valence-electron chi connectivity index (χ3n) is 4.72. The van der Waals surface area contributed by atoms with E-state index in [0.29, 0.717) is 24.8 Å². The molecular weight excluding hydrogens is 308 g/mol. The van der Waals surface area contributed by atoms with Crippen LogP contribution in [0.2, 0.25) is 0 Å². The van der Waals surface area contributed by atoms with Crippen molar-refractivity contribution in [2.75, 3.05) is 23.8 Å². The summed E-state index contributed by atoms with van der Waals surface area (Å²) in [6.07, 6.45) is 7.64. The standard InChI is InChI=1S/C16H26N6O2/c17-11-3-1-2-4-12(11)21-13-9-19-14(15(18)23)16(22-13)20-10-5-7-24-8-6-10/h9-12H,1-8,17H2,(H2,18,23)(H2,20,21,22)/t11-,12+/m0/s1. The number of anilines is 2. The van der Waals surface area contributed by atoms with Crippen molar-refractivity contribution >= 4 is 17.5 Å². The van der Waals surface area contributed by atoms with E-state index in [9.17, 15) is 4.79 Å². The molecule has 0 radical (unpaired) electrons. The number of ether oxygens (including phenoxy) is 1. The molecule has 2 aliphatic rings. The van der Waals surface area contributed by atoms with Crippen molar-refractivity contribution in [1.29, 1.82) is 0 Å². The second-order valence-corrected chi connectivity index (χ2v) is 6.55. The quantitative estimate of drug-likeness (QED) is 0.628. The molecule has 0 bridgehead atoms. The molecule has 0 unspecified atom stereocenters. The van der Waals surface area contributed by atoms with Gasteiger partial charge in [-0.15, -0.1) is 0 Å². The number of nitrogens with zero attached hydrogens (tertiary/aromatic N) is 2. The highest BCUT2D eigenvalue weighted by molar-refractivity contribution is 5.95. The number of amides is 1. The summed E-state index contributed by atoms with van der Waals surface area (Å²) < 4.78 is 5.36. The van der Waals surface area contributed by atoms with Crippen molar-refractivity contribution in [3.8, 4) is 0 Å². The lowest BCUT2D eigenvalue weighted by Gasteiger charge is -2.30. The van der Waals surface area contributed by atoms with Gasteiger partial charge < -0.3 is 26.8 Å². The summed E-state index contributed by atoms with van der Waals surface area (Å²) in [5, 5.41) is 6.65. The van der Waals surface area contributed by atoms with Gasteiger partial charge >= 0.3 is 0 Å². The third-order valence-corrected chi connectivity index (χ3v) is 4.72. The highest BCUT2D eigenvalue weighted by Crippen LogP contribution is 2.22. The molecule has 6 N–H and O–H groups in total. The third kappa shape index (κ3) is 4.12. The van der Waals surface area contributed by atoms with Gasteiger partial charge in [-0.2, -0.15) is 0 Å². The van der Waals surface area contributed by atoms with Gasteiger partial charge in [0.1, 0.15) is 5.82 Å². The number of carbonyl (C=O) groups excluding carboxylic acids is 1. The lowest BCUT2D eigenvalue weighted by Crippen LogP contribution is -2.42. The van der Waals surface area contributed by atoms with Crippen LogP contribution in [0.4, 0.5) is 11.6 Å². The average molecular weight is 334 g/mol. The van der Waals surface area contributed by atoms with Crippen LogP contribution in [-0.2, 0) is 4.74 Å². The Balaban J connectivity index is 1.75. The molecule has 24 heavy (non-hydrogen) atoms. The van der Waals surface area contributed by atoms with Crippen LogP contribution in [0.25, 0.3) is 0 Å². The Morgan fingerprint density at radius 2 is 1.92 bits per heavy atom. The van der Waals surface area contributed by atoms with Gasteiger partial charge in [-0.1, -0.05) is 12.8 Å². The number of aromatic nitrogens is 2. The minimum Gasteiger partial charge on any atom is -0.381 e. The smallest absolute Gasteiger partial charge is 0.271 e. The molecule has 2 fully saturated rings. The summed E-state index contributed by atoms with van der Waals surface area (Å²) >= 11 is 0. The molecule has 8 nitrogen and oxygen atoms in total. The van der Waals surface area contributed by atoms with Gasteiger partial charge in [0.05, 0.1) is 6.20 Å². The van der Waals surface area contributed by atoms with Crippen LogP contribution in [-0.4, -0.2) is 47.2 Å². The molecule has 2 heterocycles. The molecule has 1 aromatic rings. The Morgan fingerprint density at radius 1 is 1.17 bits per heavy atom. The Morgan fingerprint density at radius 3 is 2.62 bits per heavy atom. The van der Waals surface area contributed by atoms with E-state index >= 15 is 0 Å². The van der Waals surface area contributed by atoms with Crippen molar-refractivity contribution in [2.24, 2.45) is 11.5 Å². The molecule has 8 heteroatoms. The molecule has 3 rings (SSSR count). The average Bonchev–Trinajstić information content (AvgIpc) is 2.58. The molecule has 0 aromatic carbocycles. The summed E-state index contributed by atoms with van der Waals surface area (Å²) in [6.45, 7) is 1.40. The van der Waals surface area contributed by atoms with Crippen LogP contribution in [0.15, 0.2) is 6.20 Å². The Labute approximate surface area is 141 Å². The summed E-state index contributed by atoms with van der Waals surface area (Å²) in [5.74, 6) is 0.471. The number of rotatable bonds is 5. The molecule has 1 aliphatic carbocycles. The first-order valence-electron chi connectivity index (χ1n) is 8.66. The van der Waals surface area contributed by atoms with E-state index in [1.165, 1.54) is 6.42 Å². The van der Waals surface area contributed by atoms with Gasteiger partial charge in [0.2, 0.25) is 0 Å². The van der Waals surface area contributed by atoms with Gasteiger partial charge in [-0.3, -0.25) is 4.79 Å². The first-order valence-corrected chi connectivity index (χ1v) is 8.66. The van der Waals surface area contributed by atoms with Crippen LogP contribution in [0.1, 0.15) is 49.0 Å². The lowest BCUT2D eigenvalue weighted by molar-refractivity contribution is 0.0903. The fourth-order valence-electron chi connectivity index (χ4n) is 3.30. The molecule has 132 valence electrons. The predicted molar refractivity (Wildman–Crippen MR) is 91.9 cm³/mol. The Hall–Kier alpha value is -1.93. The summed E-state index contributed by atoms with van der Waals surface area (Å²) in [5.41, 5.74) is 11.8. The van der Waals surface area contributed by atoms with Gasteiger partial charge in [0, 0.05) is 31.3 Å². The molecule has 1 saturated heterocycles. The van der Waals surface area contributed by atoms with Gasteiger partial charge in [0.15, 0.2) is 11.5 Å². The van der Waals surface area contributed by atoms with E-state index in [2.05, 4.69) is 20.6 Å². The maximum Gasteiger partial charge on any atom is 0.271 e. The van der Waals surface area contributed by atoms with Crippen molar-refractivity contribution in [3.63, 3.8) is 0 Å². The number of nitrogens with one attached hydrogen (secondary N) is 2. The fourth-order valence-corrected chi connectivity index (χ4v) is 3.30. The number of hydrogen-bond acceptors (Lipinski definition) is 7. The first kappa shape index (κ1) is 16.9. The topological polar surface area (TPSA) is 128 Å². The van der Waals surface area contributed by atoms with E-state index in [-0.39, 0.29) is 23.8 Å². The zero-order valence-electron chi connectivity index (χ0n) is 13.8. The van der Waals surface area contributed by atoms with Crippen LogP contribution in [0.5, 0.6) is 0 Å². The maximum absolute atomic E-state index is 11.6. The number of nitrogens with two attached hydrogens (primary N) is 2. The van der Waals surface area contributed by atoms with Crippen LogP contribution in [0.3, 0.4) is 0 Å². The van der Waals surface area contributed by atoms with Crippen molar-refractivity contribution < 1.29 is 9.53 Å². The zero-order chi connectivity index (χ0) is 16.9.